The fraction of sp³-hybridized carbons (Fsp3) is 0. The van der Waals surface area contributed by atoms with Crippen molar-refractivity contribution in [2.45, 2.75) is 0 Å². The van der Waals surface area contributed by atoms with Crippen LogP contribution in [0, 0.1) is 0 Å². The van der Waals surface area contributed by atoms with E-state index in [2.05, 4.69) is 516 Å². The summed E-state index contributed by atoms with van der Waals surface area (Å²) in [6.45, 7) is 0. The van der Waals surface area contributed by atoms with Crippen molar-refractivity contribution in [2.75, 3.05) is 9.80 Å². The molecular weight excluding hydrogens is 1650 g/mol. The number of nitrogens with zero attached hydrogens (tertiary/aromatic N) is 4. The number of hydrogen-bond donors (Lipinski definition) is 0. The minimum absolute atomic E-state index is 0.865. The van der Waals surface area contributed by atoms with Crippen LogP contribution >= 0.6 is 0 Å². The lowest BCUT2D eigenvalue weighted by atomic mass is 9.97. The van der Waals surface area contributed by atoms with Crippen LogP contribution in [0.25, 0.3) is 220 Å². The zero-order valence-corrected chi connectivity index (χ0v) is 74.1. The van der Waals surface area contributed by atoms with Gasteiger partial charge in [-0.1, -0.05) is 376 Å². The third kappa shape index (κ3) is 13.8. The van der Waals surface area contributed by atoms with Crippen molar-refractivity contribution in [1.29, 1.82) is 0 Å². The van der Waals surface area contributed by atoms with Crippen molar-refractivity contribution in [2.24, 2.45) is 0 Å². The molecule has 0 radical (unpaired) electrons. The molecule has 0 bridgehead atoms. The summed E-state index contributed by atoms with van der Waals surface area (Å²) in [6, 6.07) is 184. The van der Waals surface area contributed by atoms with Crippen LogP contribution in [-0.4, -0.2) is 9.13 Å². The van der Waals surface area contributed by atoms with E-state index in [0.29, 0.717) is 0 Å². The summed E-state index contributed by atoms with van der Waals surface area (Å²) in [7, 11) is 0. The second-order valence-electron chi connectivity index (χ2n) is 35.4. The highest BCUT2D eigenvalue weighted by molar-refractivity contribution is 6.25. The van der Waals surface area contributed by atoms with Crippen LogP contribution in [0.3, 0.4) is 0 Å². The molecule has 6 nitrogen and oxygen atoms in total. The van der Waals surface area contributed by atoms with Crippen molar-refractivity contribution in [3.05, 3.63) is 510 Å². The Balaban J connectivity index is 0.000000142. The van der Waals surface area contributed by atoms with Gasteiger partial charge in [0.05, 0.1) is 33.4 Å². The average Bonchev–Trinajstić information content (AvgIpc) is 1.57. The van der Waals surface area contributed by atoms with Crippen molar-refractivity contribution < 1.29 is 8.83 Å². The number of para-hydroxylation sites is 6. The van der Waals surface area contributed by atoms with Crippen LogP contribution in [0.4, 0.5) is 34.1 Å². The van der Waals surface area contributed by atoms with Crippen LogP contribution < -0.4 is 9.80 Å². The molecule has 0 saturated carbocycles. The van der Waals surface area contributed by atoms with E-state index in [1.54, 1.807) is 0 Å². The van der Waals surface area contributed by atoms with Gasteiger partial charge in [-0.2, -0.15) is 0 Å². The summed E-state index contributed by atoms with van der Waals surface area (Å²) in [6.07, 6.45) is 0. The third-order valence-corrected chi connectivity index (χ3v) is 27.6. The predicted octanol–water partition coefficient (Wildman–Crippen LogP) is 36.6. The van der Waals surface area contributed by atoms with Gasteiger partial charge in [-0.3, -0.25) is 0 Å². The molecule has 0 fully saturated rings. The molecular formula is C130H84N4O2. The molecule has 0 saturated heterocycles. The van der Waals surface area contributed by atoms with Gasteiger partial charge < -0.3 is 27.8 Å². The lowest BCUT2D eigenvalue weighted by Crippen LogP contribution is -2.10. The second-order valence-corrected chi connectivity index (χ2v) is 35.4. The first kappa shape index (κ1) is 78.9. The quantitative estimate of drug-likeness (QED) is 0.103. The van der Waals surface area contributed by atoms with Gasteiger partial charge in [0, 0.05) is 77.2 Å². The molecule has 0 aliphatic heterocycles. The van der Waals surface area contributed by atoms with E-state index in [4.69, 9.17) is 8.83 Å². The Bertz CT molecular complexity index is 9240. The lowest BCUT2D eigenvalue weighted by Gasteiger charge is -2.26. The van der Waals surface area contributed by atoms with Crippen LogP contribution in [0.1, 0.15) is 0 Å². The maximum absolute atomic E-state index is 6.83. The molecule has 6 heteroatoms. The Morgan fingerprint density at radius 1 is 0.162 bits per heavy atom. The highest BCUT2D eigenvalue weighted by Gasteiger charge is 2.27. The van der Waals surface area contributed by atoms with Crippen molar-refractivity contribution in [3.63, 3.8) is 0 Å². The van der Waals surface area contributed by atoms with E-state index >= 15 is 0 Å². The maximum atomic E-state index is 6.83. The van der Waals surface area contributed by atoms with Gasteiger partial charge >= 0.3 is 0 Å². The summed E-state index contributed by atoms with van der Waals surface area (Å²) < 4.78 is 18.4. The lowest BCUT2D eigenvalue weighted by molar-refractivity contribution is 0.669. The monoisotopic (exact) mass is 1730 g/mol. The number of fused-ring (bicyclic) bond motifs is 18. The SMILES string of the molecule is c1ccc(-n2c3ccccc3c3cc(-c4ccc(-c5ccc(-c6ccc(N(c7ccc(-c8cccc9ccccc89)cc7)c7cc8ccccc8c8c7oc7ccccc78)cc6)cc5)cc4)ccc32)cc1.c1ccc2cc(-c3ccc(N(c4ccc(-c5ccc(-c6ccc(-n7c8ccccc8c8ccccc87)cc6)cc5)cc4)c4cc5ccccc5c5c4oc4ccccc45)cc3)ccc2c1. The van der Waals surface area contributed by atoms with E-state index in [-0.39, 0.29) is 0 Å². The van der Waals surface area contributed by atoms with E-state index in [1.165, 1.54) is 143 Å². The third-order valence-electron chi connectivity index (χ3n) is 27.6. The molecule has 0 aliphatic carbocycles. The predicted molar refractivity (Wildman–Crippen MR) is 574 cm³/mol. The first-order valence-corrected chi connectivity index (χ1v) is 46.6. The van der Waals surface area contributed by atoms with Gasteiger partial charge in [0.15, 0.2) is 11.2 Å². The van der Waals surface area contributed by atoms with Gasteiger partial charge in [-0.15, -0.1) is 0 Å². The number of hydrogen-bond acceptors (Lipinski definition) is 4. The molecule has 0 spiro atoms. The highest BCUT2D eigenvalue weighted by Crippen LogP contribution is 2.50. The van der Waals surface area contributed by atoms with Crippen molar-refractivity contribution in [3.8, 4) is 89.3 Å². The Kier molecular flexibility index (Phi) is 19.2. The van der Waals surface area contributed by atoms with E-state index in [0.717, 1.165) is 111 Å². The van der Waals surface area contributed by atoms with Crippen LogP contribution in [-0.2, 0) is 0 Å². The molecule has 23 aromatic carbocycles. The number of benzene rings is 23. The molecule has 4 aromatic heterocycles. The average molecular weight is 1730 g/mol. The smallest absolute Gasteiger partial charge is 0.160 e. The van der Waals surface area contributed by atoms with Gasteiger partial charge in [0.2, 0.25) is 0 Å². The molecule has 636 valence electrons. The molecule has 27 rings (SSSR count). The van der Waals surface area contributed by atoms with Crippen molar-refractivity contribution in [1.82, 2.24) is 9.13 Å². The number of aromatic nitrogens is 2. The molecule has 27 aromatic rings. The maximum Gasteiger partial charge on any atom is 0.160 e. The van der Waals surface area contributed by atoms with E-state index in [1.807, 2.05) is 12.1 Å². The van der Waals surface area contributed by atoms with Gasteiger partial charge in [0.25, 0.3) is 0 Å². The largest absolute Gasteiger partial charge is 0.454 e. The molecule has 0 unspecified atom stereocenters. The molecule has 136 heavy (non-hydrogen) atoms. The standard InChI is InChI=1S/C68H44N2O.C62H40N2O/c1-2-16-54(17-3-1)70-63-23-10-8-20-60(63)62-43-52(37-42-64(62)70)49-31-29-46(30-32-49)45-25-27-47(28-26-45)48-33-38-55(39-34-48)69(56-40-35-51(36-41-56)58-22-12-15-50-13-4-6-18-57(50)58)65-44-53-14-5-7-19-59(53)67-61-21-9-11-24-66(61)71-68(65)67;1-2-12-47-39-48(26-25-41(47)11-1)46-31-35-51(36-32-46)63(59-40-49-13-3-4-14-53(49)61-56-17-7-10-20-60(56)65-62(59)61)50-33-27-44(28-34-50)42-21-23-43(24-22-42)45-29-37-52(38-30-45)64-57-18-8-5-15-54(57)55-16-6-9-19-58(55)64/h1-44H;1-40H. The van der Waals surface area contributed by atoms with Crippen molar-refractivity contribution >= 4 is 165 Å². The fourth-order valence-corrected chi connectivity index (χ4v) is 20.9. The minimum atomic E-state index is 0.865. The minimum Gasteiger partial charge on any atom is -0.454 e. The summed E-state index contributed by atoms with van der Waals surface area (Å²) in [4.78, 5) is 4.69. The first-order valence-electron chi connectivity index (χ1n) is 46.6. The molecule has 0 atom stereocenters. The highest BCUT2D eigenvalue weighted by atomic mass is 16.3. The summed E-state index contributed by atoms with van der Waals surface area (Å²) >= 11 is 0. The first-order chi connectivity index (χ1) is 67.4. The molecule has 4 heterocycles. The zero-order chi connectivity index (χ0) is 89.7. The fourth-order valence-electron chi connectivity index (χ4n) is 20.9. The van der Waals surface area contributed by atoms with Crippen LogP contribution in [0.2, 0.25) is 0 Å². The Morgan fingerprint density at radius 2 is 0.456 bits per heavy atom. The molecule has 0 aliphatic rings. The Hall–Kier alpha value is -18.1. The summed E-state index contributed by atoms with van der Waals surface area (Å²) in [5.74, 6) is 0. The number of furan rings is 2. The summed E-state index contributed by atoms with van der Waals surface area (Å²) in [5.41, 5.74) is 33.4. The van der Waals surface area contributed by atoms with Gasteiger partial charge in [-0.05, 0) is 254 Å². The van der Waals surface area contributed by atoms with Gasteiger partial charge in [-0.25, -0.2) is 0 Å². The summed E-state index contributed by atoms with van der Waals surface area (Å²) in [5, 5.41) is 19.2. The van der Waals surface area contributed by atoms with E-state index < -0.39 is 0 Å². The number of rotatable bonds is 15. The van der Waals surface area contributed by atoms with E-state index in [9.17, 15) is 0 Å². The number of anilines is 6. The second kappa shape index (κ2) is 33.1. The zero-order valence-electron chi connectivity index (χ0n) is 74.1. The Labute approximate surface area is 785 Å². The topological polar surface area (TPSA) is 42.6 Å². The normalized spacial score (nSPS) is 11.7. The van der Waals surface area contributed by atoms with Gasteiger partial charge in [0.1, 0.15) is 11.2 Å². The molecule has 0 N–H and O–H groups in total. The Morgan fingerprint density at radius 3 is 0.904 bits per heavy atom. The van der Waals surface area contributed by atoms with Crippen LogP contribution in [0.5, 0.6) is 0 Å². The molecule has 0 amide bonds. The van der Waals surface area contributed by atoms with Crippen LogP contribution in [0.15, 0.2) is 518 Å².